The number of carbonyl (C=O) groups is 2. The number of halogens is 2. The van der Waals surface area contributed by atoms with Crippen molar-refractivity contribution >= 4 is 46.3 Å². The Morgan fingerprint density at radius 1 is 0.833 bits per heavy atom. The van der Waals surface area contributed by atoms with Gasteiger partial charge in [0.1, 0.15) is 5.70 Å². The monoisotopic (exact) mass is 436 g/mol. The predicted octanol–water partition coefficient (Wildman–Crippen LogP) is 5.69. The largest absolute Gasteiger partial charge is 0.350 e. The smallest absolute Gasteiger partial charge is 0.278 e. The Balaban J connectivity index is 1.77. The highest BCUT2D eigenvalue weighted by molar-refractivity contribution is 6.37. The molecule has 1 heterocycles. The van der Waals surface area contributed by atoms with E-state index in [1.165, 1.54) is 4.90 Å². The van der Waals surface area contributed by atoms with E-state index in [0.717, 1.165) is 11.1 Å². The van der Waals surface area contributed by atoms with Crippen LogP contribution in [0.2, 0.25) is 10.0 Å². The van der Waals surface area contributed by atoms with Gasteiger partial charge >= 0.3 is 0 Å². The van der Waals surface area contributed by atoms with Crippen molar-refractivity contribution in [2.45, 2.75) is 13.5 Å². The SMILES string of the molecule is Cc1c(Cl)cccc1NC1=C(c2ccc(Cl)cc2)C(=O)N(Cc2ccccc2)C1=O. The van der Waals surface area contributed by atoms with Gasteiger partial charge in [-0.3, -0.25) is 14.5 Å². The predicted molar refractivity (Wildman–Crippen MR) is 120 cm³/mol. The van der Waals surface area contributed by atoms with Gasteiger partial charge < -0.3 is 5.32 Å². The lowest BCUT2D eigenvalue weighted by Crippen LogP contribution is -2.32. The molecule has 1 aliphatic heterocycles. The Morgan fingerprint density at radius 2 is 1.53 bits per heavy atom. The van der Waals surface area contributed by atoms with E-state index >= 15 is 0 Å². The maximum Gasteiger partial charge on any atom is 0.278 e. The lowest BCUT2D eigenvalue weighted by molar-refractivity contribution is -0.137. The minimum Gasteiger partial charge on any atom is -0.350 e. The number of nitrogens with zero attached hydrogens (tertiary/aromatic N) is 1. The zero-order chi connectivity index (χ0) is 21.3. The van der Waals surface area contributed by atoms with Crippen LogP contribution in [-0.2, 0) is 16.1 Å². The molecular formula is C24H18Cl2N2O2. The Hall–Kier alpha value is -3.08. The number of anilines is 1. The second-order valence-corrected chi connectivity index (χ2v) is 7.82. The Morgan fingerprint density at radius 3 is 2.23 bits per heavy atom. The molecule has 30 heavy (non-hydrogen) atoms. The van der Waals surface area contributed by atoms with Crippen LogP contribution in [0.5, 0.6) is 0 Å². The topological polar surface area (TPSA) is 49.4 Å². The minimum atomic E-state index is -0.381. The van der Waals surface area contributed by atoms with Crippen molar-refractivity contribution < 1.29 is 9.59 Å². The van der Waals surface area contributed by atoms with E-state index in [4.69, 9.17) is 23.2 Å². The summed E-state index contributed by atoms with van der Waals surface area (Å²) in [4.78, 5) is 27.9. The summed E-state index contributed by atoms with van der Waals surface area (Å²) >= 11 is 12.3. The number of amides is 2. The zero-order valence-corrected chi connectivity index (χ0v) is 17.7. The maximum absolute atomic E-state index is 13.3. The molecule has 0 saturated heterocycles. The Labute approximate surface area is 184 Å². The van der Waals surface area contributed by atoms with Crippen LogP contribution < -0.4 is 5.32 Å². The average Bonchev–Trinajstić information content (AvgIpc) is 2.97. The second kappa shape index (κ2) is 8.34. The molecule has 0 bridgehead atoms. The molecular weight excluding hydrogens is 419 g/mol. The highest BCUT2D eigenvalue weighted by atomic mass is 35.5. The van der Waals surface area contributed by atoms with E-state index in [2.05, 4.69) is 5.32 Å². The van der Waals surface area contributed by atoms with Crippen LogP contribution in [0.4, 0.5) is 5.69 Å². The molecule has 0 aromatic heterocycles. The van der Waals surface area contributed by atoms with Gasteiger partial charge in [0.15, 0.2) is 0 Å². The van der Waals surface area contributed by atoms with E-state index in [1.54, 1.807) is 36.4 Å². The van der Waals surface area contributed by atoms with Gasteiger partial charge in [-0.1, -0.05) is 71.7 Å². The van der Waals surface area contributed by atoms with Crippen molar-refractivity contribution in [3.05, 3.63) is 105 Å². The van der Waals surface area contributed by atoms with E-state index in [0.29, 0.717) is 26.9 Å². The molecule has 0 radical (unpaired) electrons. The minimum absolute atomic E-state index is 0.190. The van der Waals surface area contributed by atoms with Gasteiger partial charge in [-0.05, 0) is 47.9 Å². The van der Waals surface area contributed by atoms with Gasteiger partial charge in [0.2, 0.25) is 0 Å². The van der Waals surface area contributed by atoms with Gasteiger partial charge in [0.05, 0.1) is 12.1 Å². The number of hydrogen-bond acceptors (Lipinski definition) is 3. The fourth-order valence-corrected chi connectivity index (χ4v) is 3.66. The number of imide groups is 1. The first kappa shape index (κ1) is 20.2. The maximum atomic E-state index is 13.3. The van der Waals surface area contributed by atoms with E-state index in [9.17, 15) is 9.59 Å². The lowest BCUT2D eigenvalue weighted by atomic mass is 10.0. The molecule has 150 valence electrons. The van der Waals surface area contributed by atoms with Crippen molar-refractivity contribution in [3.63, 3.8) is 0 Å². The van der Waals surface area contributed by atoms with E-state index < -0.39 is 0 Å². The quantitative estimate of drug-likeness (QED) is 0.522. The zero-order valence-electron chi connectivity index (χ0n) is 16.2. The molecule has 0 atom stereocenters. The highest BCUT2D eigenvalue weighted by Gasteiger charge is 2.39. The number of nitrogens with one attached hydrogen (secondary N) is 1. The number of hydrogen-bond donors (Lipinski definition) is 1. The Kier molecular flexibility index (Phi) is 5.62. The summed E-state index contributed by atoms with van der Waals surface area (Å²) in [6.07, 6.45) is 0. The third-order valence-corrected chi connectivity index (χ3v) is 5.67. The lowest BCUT2D eigenvalue weighted by Gasteiger charge is -2.16. The van der Waals surface area contributed by atoms with Crippen LogP contribution in [0.3, 0.4) is 0 Å². The molecule has 0 spiro atoms. The summed E-state index contributed by atoms with van der Waals surface area (Å²) in [7, 11) is 0. The first-order valence-corrected chi connectivity index (χ1v) is 10.1. The molecule has 0 aliphatic carbocycles. The van der Waals surface area contributed by atoms with Crippen molar-refractivity contribution in [2.24, 2.45) is 0 Å². The molecule has 2 amide bonds. The van der Waals surface area contributed by atoms with Crippen molar-refractivity contribution in [3.8, 4) is 0 Å². The molecule has 4 rings (SSSR count). The summed E-state index contributed by atoms with van der Waals surface area (Å²) in [5.41, 5.74) is 3.50. The van der Waals surface area contributed by atoms with Gasteiger partial charge in [-0.25, -0.2) is 0 Å². The fraction of sp³-hybridized carbons (Fsp3) is 0.0833. The molecule has 6 heteroatoms. The number of rotatable bonds is 5. The first-order valence-electron chi connectivity index (χ1n) is 9.38. The van der Waals surface area contributed by atoms with Crippen LogP contribution >= 0.6 is 23.2 Å². The molecule has 1 N–H and O–H groups in total. The molecule has 3 aromatic carbocycles. The summed E-state index contributed by atoms with van der Waals surface area (Å²) in [5, 5.41) is 4.29. The third kappa shape index (κ3) is 3.84. The summed E-state index contributed by atoms with van der Waals surface area (Å²) in [5.74, 6) is -0.735. The second-order valence-electron chi connectivity index (χ2n) is 6.98. The van der Waals surface area contributed by atoms with Crippen molar-refractivity contribution in [1.82, 2.24) is 4.90 Å². The number of benzene rings is 3. The molecule has 1 aliphatic rings. The van der Waals surface area contributed by atoms with E-state index in [-0.39, 0.29) is 24.1 Å². The molecule has 0 unspecified atom stereocenters. The first-order chi connectivity index (χ1) is 14.5. The van der Waals surface area contributed by atoms with Gasteiger partial charge in [-0.15, -0.1) is 0 Å². The van der Waals surface area contributed by atoms with Crippen LogP contribution in [-0.4, -0.2) is 16.7 Å². The normalized spacial score (nSPS) is 13.9. The van der Waals surface area contributed by atoms with Crippen LogP contribution in [0.15, 0.2) is 78.5 Å². The third-order valence-electron chi connectivity index (χ3n) is 5.01. The molecule has 0 saturated carbocycles. The Bertz CT molecular complexity index is 1160. The average molecular weight is 437 g/mol. The van der Waals surface area contributed by atoms with Crippen LogP contribution in [0.25, 0.3) is 5.57 Å². The van der Waals surface area contributed by atoms with Crippen LogP contribution in [0, 0.1) is 6.92 Å². The summed E-state index contributed by atoms with van der Waals surface area (Å²) in [6, 6.07) is 21.7. The van der Waals surface area contributed by atoms with Crippen LogP contribution in [0.1, 0.15) is 16.7 Å². The molecule has 0 fully saturated rings. The standard InChI is InChI=1S/C24H18Cl2N2O2/c1-15-19(26)8-5-9-20(15)27-22-21(17-10-12-18(25)13-11-17)23(29)28(24(22)30)14-16-6-3-2-4-7-16/h2-13,27H,14H2,1H3. The van der Waals surface area contributed by atoms with Gasteiger partial charge in [-0.2, -0.15) is 0 Å². The summed E-state index contributed by atoms with van der Waals surface area (Å²) < 4.78 is 0. The van der Waals surface area contributed by atoms with Crippen molar-refractivity contribution in [1.29, 1.82) is 0 Å². The van der Waals surface area contributed by atoms with Gasteiger partial charge in [0.25, 0.3) is 11.8 Å². The number of carbonyl (C=O) groups excluding carboxylic acids is 2. The van der Waals surface area contributed by atoms with E-state index in [1.807, 2.05) is 43.3 Å². The molecule has 4 nitrogen and oxygen atoms in total. The summed E-state index contributed by atoms with van der Waals surface area (Å²) in [6.45, 7) is 2.05. The van der Waals surface area contributed by atoms with Gasteiger partial charge in [0, 0.05) is 15.7 Å². The highest BCUT2D eigenvalue weighted by Crippen LogP contribution is 2.33. The fourth-order valence-electron chi connectivity index (χ4n) is 3.36. The molecule has 3 aromatic rings. The van der Waals surface area contributed by atoms with Crippen molar-refractivity contribution in [2.75, 3.05) is 5.32 Å².